The van der Waals surface area contributed by atoms with Crippen LogP contribution in [-0.2, 0) is 17.8 Å². The number of benzene rings is 2. The van der Waals surface area contributed by atoms with E-state index in [9.17, 15) is 4.79 Å². The van der Waals surface area contributed by atoms with Gasteiger partial charge >= 0.3 is 0 Å². The van der Waals surface area contributed by atoms with E-state index in [0.29, 0.717) is 13.0 Å². The van der Waals surface area contributed by atoms with Crippen LogP contribution >= 0.6 is 0 Å². The number of aryl methyl sites for hydroxylation is 2. The second-order valence-electron chi connectivity index (χ2n) is 5.33. The van der Waals surface area contributed by atoms with Crippen LogP contribution in [0.25, 0.3) is 0 Å². The zero-order valence-corrected chi connectivity index (χ0v) is 12.4. The average molecular weight is 267 g/mol. The molecule has 104 valence electrons. The molecule has 0 radical (unpaired) electrons. The van der Waals surface area contributed by atoms with Crippen molar-refractivity contribution in [1.82, 2.24) is 4.90 Å². The average Bonchev–Trinajstić information content (AvgIpc) is 2.44. The molecule has 0 aromatic heterocycles. The third-order valence-electron chi connectivity index (χ3n) is 3.61. The number of hydrogen-bond acceptors (Lipinski definition) is 1. The molecule has 2 aromatic carbocycles. The first-order valence-corrected chi connectivity index (χ1v) is 6.90. The minimum atomic E-state index is 0.150. The van der Waals surface area contributed by atoms with Gasteiger partial charge in [0.05, 0.1) is 6.42 Å². The molecule has 0 atom stereocenters. The summed E-state index contributed by atoms with van der Waals surface area (Å²) in [5.41, 5.74) is 4.74. The Bertz CT molecular complexity index is 590. The van der Waals surface area contributed by atoms with Crippen LogP contribution in [0.4, 0.5) is 0 Å². The smallest absolute Gasteiger partial charge is 0.227 e. The molecular formula is C18H21NO. The van der Waals surface area contributed by atoms with Gasteiger partial charge in [0, 0.05) is 13.6 Å². The standard InChI is InChI=1S/C18H21NO/c1-14-9-10-17(11-15(14)2)12-18(20)19(3)13-16-7-5-4-6-8-16/h4-11H,12-13H2,1-3H3. The van der Waals surface area contributed by atoms with Gasteiger partial charge in [-0.2, -0.15) is 0 Å². The van der Waals surface area contributed by atoms with E-state index in [1.165, 1.54) is 11.1 Å². The molecule has 0 saturated heterocycles. The number of rotatable bonds is 4. The van der Waals surface area contributed by atoms with Crippen molar-refractivity contribution in [1.29, 1.82) is 0 Å². The first-order valence-electron chi connectivity index (χ1n) is 6.90. The summed E-state index contributed by atoms with van der Waals surface area (Å²) >= 11 is 0. The molecule has 0 N–H and O–H groups in total. The van der Waals surface area contributed by atoms with Crippen molar-refractivity contribution in [2.75, 3.05) is 7.05 Å². The molecule has 0 aliphatic rings. The molecule has 1 amide bonds. The topological polar surface area (TPSA) is 20.3 Å². The molecule has 2 rings (SSSR count). The van der Waals surface area contributed by atoms with Crippen LogP contribution in [0.1, 0.15) is 22.3 Å². The quantitative estimate of drug-likeness (QED) is 0.830. The molecule has 0 heterocycles. The van der Waals surface area contributed by atoms with Gasteiger partial charge in [-0.05, 0) is 36.1 Å². The van der Waals surface area contributed by atoms with Crippen LogP contribution in [0.15, 0.2) is 48.5 Å². The fourth-order valence-electron chi connectivity index (χ4n) is 2.17. The highest BCUT2D eigenvalue weighted by atomic mass is 16.2. The largest absolute Gasteiger partial charge is 0.341 e. The van der Waals surface area contributed by atoms with Gasteiger partial charge in [-0.1, -0.05) is 48.5 Å². The van der Waals surface area contributed by atoms with Crippen LogP contribution in [-0.4, -0.2) is 17.9 Å². The molecule has 0 bridgehead atoms. The minimum absolute atomic E-state index is 0.150. The highest BCUT2D eigenvalue weighted by molar-refractivity contribution is 5.78. The van der Waals surface area contributed by atoms with E-state index in [-0.39, 0.29) is 5.91 Å². The van der Waals surface area contributed by atoms with Crippen LogP contribution in [0.5, 0.6) is 0 Å². The zero-order chi connectivity index (χ0) is 14.5. The first kappa shape index (κ1) is 14.3. The maximum Gasteiger partial charge on any atom is 0.227 e. The molecule has 0 unspecified atom stereocenters. The van der Waals surface area contributed by atoms with E-state index >= 15 is 0 Å². The Kier molecular flexibility index (Phi) is 4.57. The number of nitrogens with zero attached hydrogens (tertiary/aromatic N) is 1. The van der Waals surface area contributed by atoms with Crippen molar-refractivity contribution in [3.05, 3.63) is 70.8 Å². The van der Waals surface area contributed by atoms with Crippen LogP contribution in [0.3, 0.4) is 0 Å². The summed E-state index contributed by atoms with van der Waals surface area (Å²) in [5.74, 6) is 0.150. The maximum atomic E-state index is 12.2. The van der Waals surface area contributed by atoms with Crippen molar-refractivity contribution in [3.63, 3.8) is 0 Å². The third-order valence-corrected chi connectivity index (χ3v) is 3.61. The Labute approximate surface area is 121 Å². The van der Waals surface area contributed by atoms with Crippen molar-refractivity contribution in [3.8, 4) is 0 Å². The van der Waals surface area contributed by atoms with Crippen molar-refractivity contribution in [2.24, 2.45) is 0 Å². The lowest BCUT2D eigenvalue weighted by molar-refractivity contribution is -0.129. The fraction of sp³-hybridized carbons (Fsp3) is 0.278. The van der Waals surface area contributed by atoms with Gasteiger partial charge in [-0.15, -0.1) is 0 Å². The first-order chi connectivity index (χ1) is 9.56. The summed E-state index contributed by atoms with van der Waals surface area (Å²) < 4.78 is 0. The van der Waals surface area contributed by atoms with Gasteiger partial charge in [-0.25, -0.2) is 0 Å². The summed E-state index contributed by atoms with van der Waals surface area (Å²) in [6.45, 7) is 4.82. The molecule has 2 heteroatoms. The lowest BCUT2D eigenvalue weighted by atomic mass is 10.0. The third kappa shape index (κ3) is 3.70. The Morgan fingerprint density at radius 1 is 0.950 bits per heavy atom. The SMILES string of the molecule is Cc1ccc(CC(=O)N(C)Cc2ccccc2)cc1C. The zero-order valence-electron chi connectivity index (χ0n) is 12.4. The molecule has 20 heavy (non-hydrogen) atoms. The molecule has 0 fully saturated rings. The number of carbonyl (C=O) groups is 1. The summed E-state index contributed by atoms with van der Waals surface area (Å²) in [6, 6.07) is 16.3. The molecule has 2 aromatic rings. The van der Waals surface area contributed by atoms with E-state index in [1.807, 2.05) is 43.4 Å². The van der Waals surface area contributed by atoms with Gasteiger partial charge in [0.1, 0.15) is 0 Å². The number of amides is 1. The van der Waals surface area contributed by atoms with Gasteiger partial charge in [-0.3, -0.25) is 4.79 Å². The second-order valence-corrected chi connectivity index (χ2v) is 5.33. The van der Waals surface area contributed by atoms with Gasteiger partial charge in [0.2, 0.25) is 5.91 Å². The van der Waals surface area contributed by atoms with Crippen LogP contribution < -0.4 is 0 Å². The van der Waals surface area contributed by atoms with Crippen molar-refractivity contribution >= 4 is 5.91 Å². The van der Waals surface area contributed by atoms with Crippen LogP contribution in [0.2, 0.25) is 0 Å². The summed E-state index contributed by atoms with van der Waals surface area (Å²) in [4.78, 5) is 14.0. The van der Waals surface area contributed by atoms with Crippen molar-refractivity contribution < 1.29 is 4.79 Å². The van der Waals surface area contributed by atoms with E-state index in [1.54, 1.807) is 4.90 Å². The van der Waals surface area contributed by atoms with Gasteiger partial charge < -0.3 is 4.90 Å². The molecule has 0 spiro atoms. The lowest BCUT2D eigenvalue weighted by Crippen LogP contribution is -2.27. The fourth-order valence-corrected chi connectivity index (χ4v) is 2.17. The normalized spacial score (nSPS) is 10.3. The summed E-state index contributed by atoms with van der Waals surface area (Å²) in [6.07, 6.45) is 0.463. The molecule has 0 aliphatic heterocycles. The number of likely N-dealkylation sites (N-methyl/N-ethyl adjacent to an activating group) is 1. The highest BCUT2D eigenvalue weighted by Gasteiger charge is 2.10. The molecule has 0 saturated carbocycles. The predicted molar refractivity (Wildman–Crippen MR) is 82.5 cm³/mol. The van der Waals surface area contributed by atoms with Gasteiger partial charge in [0.25, 0.3) is 0 Å². The summed E-state index contributed by atoms with van der Waals surface area (Å²) in [5, 5.41) is 0. The van der Waals surface area contributed by atoms with E-state index in [0.717, 1.165) is 11.1 Å². The molecule has 2 nitrogen and oxygen atoms in total. The second kappa shape index (κ2) is 6.38. The Morgan fingerprint density at radius 3 is 2.30 bits per heavy atom. The monoisotopic (exact) mass is 267 g/mol. The number of hydrogen-bond donors (Lipinski definition) is 0. The Morgan fingerprint density at radius 2 is 1.65 bits per heavy atom. The van der Waals surface area contributed by atoms with Gasteiger partial charge in [0.15, 0.2) is 0 Å². The highest BCUT2D eigenvalue weighted by Crippen LogP contribution is 2.12. The molecule has 0 aliphatic carbocycles. The van der Waals surface area contributed by atoms with E-state index in [4.69, 9.17) is 0 Å². The Balaban J connectivity index is 1.99. The maximum absolute atomic E-state index is 12.2. The summed E-state index contributed by atoms with van der Waals surface area (Å²) in [7, 11) is 1.86. The van der Waals surface area contributed by atoms with Crippen molar-refractivity contribution in [2.45, 2.75) is 26.8 Å². The number of carbonyl (C=O) groups excluding carboxylic acids is 1. The van der Waals surface area contributed by atoms with E-state index in [2.05, 4.69) is 26.0 Å². The molecular weight excluding hydrogens is 246 g/mol. The minimum Gasteiger partial charge on any atom is -0.341 e. The Hall–Kier alpha value is -2.09. The van der Waals surface area contributed by atoms with Crippen LogP contribution in [0, 0.1) is 13.8 Å². The van der Waals surface area contributed by atoms with E-state index < -0.39 is 0 Å². The predicted octanol–water partition coefficient (Wildman–Crippen LogP) is 3.50. The lowest BCUT2D eigenvalue weighted by Gasteiger charge is -2.17.